The number of hydrogen-bond donors (Lipinski definition) is 2. The lowest BCUT2D eigenvalue weighted by atomic mass is 9.80. The van der Waals surface area contributed by atoms with Crippen LogP contribution in [-0.4, -0.2) is 76.8 Å². The Hall–Kier alpha value is -4.76. The first-order valence-electron chi connectivity index (χ1n) is 17.2. The fourth-order valence-electron chi connectivity index (χ4n) is 7.33. The fraction of sp³-hybridized carbons (Fsp3) is 0.342. The van der Waals surface area contributed by atoms with Crippen LogP contribution in [-0.2, 0) is 27.7 Å². The molecule has 1 aromatic heterocycles. The number of benzene rings is 3. The molecule has 3 aliphatic heterocycles. The van der Waals surface area contributed by atoms with Gasteiger partial charge in [-0.1, -0.05) is 47.5 Å². The summed E-state index contributed by atoms with van der Waals surface area (Å²) in [6.45, 7) is 2.36. The van der Waals surface area contributed by atoms with Gasteiger partial charge in [0.1, 0.15) is 16.1 Å². The van der Waals surface area contributed by atoms with E-state index in [4.69, 9.17) is 37.4 Å². The van der Waals surface area contributed by atoms with Gasteiger partial charge in [-0.3, -0.25) is 19.7 Å². The molecule has 16 heteroatoms. The summed E-state index contributed by atoms with van der Waals surface area (Å²) >= 11 is 13.3. The number of carbonyl (C=O) groups excluding carboxylic acids is 2. The Morgan fingerprint density at radius 3 is 2.26 bits per heavy atom. The van der Waals surface area contributed by atoms with Crippen molar-refractivity contribution in [3.63, 3.8) is 0 Å². The molecule has 0 unspecified atom stereocenters. The second-order valence-electron chi connectivity index (χ2n) is 13.4. The molecule has 2 atom stereocenters. The zero-order valence-electron chi connectivity index (χ0n) is 29.8. The Bertz CT molecular complexity index is 2120. The molecule has 1 amide bonds. The largest absolute Gasteiger partial charge is 0.545 e. The third kappa shape index (κ3) is 8.78. The number of nitrogens with one attached hydrogen (secondary N) is 1. The van der Waals surface area contributed by atoms with Crippen molar-refractivity contribution in [1.82, 2.24) is 4.90 Å². The number of aromatic nitrogens is 1. The molecule has 2 N–H and O–H groups in total. The van der Waals surface area contributed by atoms with Crippen LogP contribution in [0.5, 0.6) is 11.5 Å². The summed E-state index contributed by atoms with van der Waals surface area (Å²) < 4.78 is 44.3. The van der Waals surface area contributed by atoms with E-state index in [0.717, 1.165) is 36.9 Å². The minimum Gasteiger partial charge on any atom is -0.545 e. The first-order valence-corrected chi connectivity index (χ1v) is 19.8. The molecule has 4 aromatic rings. The summed E-state index contributed by atoms with van der Waals surface area (Å²) in [5.74, 6) is -1.18. The van der Waals surface area contributed by atoms with Crippen LogP contribution in [0.15, 0.2) is 73.1 Å². The fourth-order valence-corrected chi connectivity index (χ4v) is 8.50. The Labute approximate surface area is 323 Å². The maximum atomic E-state index is 14.3. The van der Waals surface area contributed by atoms with E-state index >= 15 is 0 Å². The number of fused-ring (bicyclic) bond motifs is 3. The maximum absolute atomic E-state index is 14.3. The minimum atomic E-state index is -3.57. The molecule has 3 saturated heterocycles. The number of anilines is 2. The van der Waals surface area contributed by atoms with Crippen LogP contribution >= 0.6 is 23.2 Å². The quantitative estimate of drug-likeness (QED) is 0.141. The van der Waals surface area contributed by atoms with Crippen molar-refractivity contribution in [2.24, 2.45) is 5.92 Å². The molecule has 286 valence electrons. The van der Waals surface area contributed by atoms with E-state index in [2.05, 4.69) is 9.62 Å². The predicted octanol–water partition coefficient (Wildman–Crippen LogP) is 4.88. The van der Waals surface area contributed by atoms with E-state index in [1.807, 2.05) is 0 Å². The molecule has 7 rings (SSSR count). The number of ether oxygens (including phenoxy) is 3. The summed E-state index contributed by atoms with van der Waals surface area (Å²) in [4.78, 5) is 30.9. The van der Waals surface area contributed by atoms with Crippen LogP contribution in [0.25, 0.3) is 0 Å². The zero-order chi connectivity index (χ0) is 38.7. The van der Waals surface area contributed by atoms with Crippen LogP contribution in [0.3, 0.4) is 0 Å². The number of rotatable bonds is 13. The number of piperidine rings is 3. The van der Waals surface area contributed by atoms with E-state index in [9.17, 15) is 28.3 Å². The zero-order valence-corrected chi connectivity index (χ0v) is 32.2. The number of hydrogen-bond acceptors (Lipinski definition) is 10. The molecule has 3 aromatic carbocycles. The topological polar surface area (TPSA) is 162 Å². The standard InChI is InChI=1S/C38H40Cl2N4O9S/c1-51-33-12-7-24(17-34(33)52-2)29(18-30-31(39)20-43(48)21-32(30)40)36-25(5-4-6-28(36)37(45)46)19-44(27-10-8-26(9-11-27)41-54(3,49)50)38(47)53-35-22-42-15-13-23(35)14-16-42/h4-12,17,20-21,23,29,35,41H,13-16,18-19,22H2,1-3H3,(H-,45,46,48)/t29-,35-/m0/s1. The Morgan fingerprint density at radius 1 is 1.02 bits per heavy atom. The molecule has 0 aliphatic carbocycles. The van der Waals surface area contributed by atoms with Gasteiger partial charge in [0.2, 0.25) is 22.4 Å². The normalized spacial score (nSPS) is 18.4. The van der Waals surface area contributed by atoms with Crippen LogP contribution in [0.1, 0.15) is 51.4 Å². The number of halogens is 2. The molecule has 0 saturated carbocycles. The van der Waals surface area contributed by atoms with Gasteiger partial charge in [-0.25, -0.2) is 13.2 Å². The van der Waals surface area contributed by atoms with Gasteiger partial charge < -0.3 is 24.1 Å². The lowest BCUT2D eigenvalue weighted by Crippen LogP contribution is -2.53. The number of aromatic carboxylic acids is 1. The minimum absolute atomic E-state index is 0.0567. The van der Waals surface area contributed by atoms with Gasteiger partial charge in [-0.2, -0.15) is 0 Å². The lowest BCUT2D eigenvalue weighted by Gasteiger charge is -2.44. The monoisotopic (exact) mass is 798 g/mol. The third-order valence-electron chi connectivity index (χ3n) is 9.93. The molecule has 13 nitrogen and oxygen atoms in total. The molecule has 2 bridgehead atoms. The van der Waals surface area contributed by atoms with Crippen LogP contribution in [0, 0.1) is 5.92 Å². The van der Waals surface area contributed by atoms with Crippen molar-refractivity contribution in [3.8, 4) is 11.5 Å². The number of sulfonamides is 1. The smallest absolute Gasteiger partial charge is 0.414 e. The summed E-state index contributed by atoms with van der Waals surface area (Å²) in [5.41, 5.74) is 2.33. The summed E-state index contributed by atoms with van der Waals surface area (Å²) in [5, 5.41) is 23.3. The van der Waals surface area contributed by atoms with E-state index < -0.39 is 28.0 Å². The second-order valence-corrected chi connectivity index (χ2v) is 16.0. The van der Waals surface area contributed by atoms with E-state index in [1.165, 1.54) is 49.7 Å². The van der Waals surface area contributed by atoms with Gasteiger partial charge in [0, 0.05) is 39.7 Å². The highest BCUT2D eigenvalue weighted by atomic mass is 35.5. The molecule has 54 heavy (non-hydrogen) atoms. The number of carboxylic acid groups (broad SMARTS) is 1. The van der Waals surface area contributed by atoms with Crippen LogP contribution in [0.4, 0.5) is 16.2 Å². The van der Waals surface area contributed by atoms with Crippen molar-refractivity contribution in [2.45, 2.75) is 37.8 Å². The highest BCUT2D eigenvalue weighted by molar-refractivity contribution is 7.92. The third-order valence-corrected chi connectivity index (χ3v) is 11.2. The molecule has 0 spiro atoms. The number of nitrogens with zero attached hydrogens (tertiary/aromatic N) is 3. The number of carboxylic acids is 1. The molecule has 0 radical (unpaired) electrons. The average molecular weight is 800 g/mol. The first kappa shape index (κ1) is 38.9. The Kier molecular flexibility index (Phi) is 11.8. The Balaban J connectivity index is 1.49. The molecule has 4 heterocycles. The average Bonchev–Trinajstić information content (AvgIpc) is 3.13. The summed E-state index contributed by atoms with van der Waals surface area (Å²) in [6, 6.07) is 16.2. The van der Waals surface area contributed by atoms with Gasteiger partial charge in [0.25, 0.3) is 0 Å². The summed E-state index contributed by atoms with van der Waals surface area (Å²) in [6.07, 6.45) is 4.48. The van der Waals surface area contributed by atoms with Gasteiger partial charge in [-0.05, 0) is 91.4 Å². The predicted molar refractivity (Wildman–Crippen MR) is 200 cm³/mol. The highest BCUT2D eigenvalue weighted by Crippen LogP contribution is 2.41. The molecule has 3 aliphatic rings. The van der Waals surface area contributed by atoms with Crippen LogP contribution in [0.2, 0.25) is 10.0 Å². The van der Waals surface area contributed by atoms with E-state index in [1.54, 1.807) is 42.5 Å². The SMILES string of the molecule is COc1ccc([C@H](Cc2c(Cl)c[n+](O)cc2Cl)c2c(CN(C(=O)O[C@H]3CN4CCC3CC4)c3ccc(NS(C)(=O)=O)cc3)cccc2C(=O)[O-])cc1OC. The summed E-state index contributed by atoms with van der Waals surface area (Å²) in [7, 11) is -0.587. The van der Waals surface area contributed by atoms with Gasteiger partial charge in [0.15, 0.2) is 11.5 Å². The van der Waals surface area contributed by atoms with Crippen LogP contribution < -0.4 is 28.9 Å². The van der Waals surface area contributed by atoms with Gasteiger partial charge in [0.05, 0.1) is 33.0 Å². The maximum Gasteiger partial charge on any atom is 0.414 e. The first-order chi connectivity index (χ1) is 25.7. The van der Waals surface area contributed by atoms with Gasteiger partial charge >= 0.3 is 6.09 Å². The lowest BCUT2D eigenvalue weighted by molar-refractivity contribution is -0.904. The number of methoxy groups -OCH3 is 2. The van der Waals surface area contributed by atoms with E-state index in [-0.39, 0.29) is 40.6 Å². The second kappa shape index (κ2) is 16.3. The molecular weight excluding hydrogens is 759 g/mol. The van der Waals surface area contributed by atoms with Crippen molar-refractivity contribution in [2.75, 3.05) is 49.7 Å². The number of carbonyl (C=O) groups is 2. The van der Waals surface area contributed by atoms with Crippen molar-refractivity contribution in [1.29, 1.82) is 0 Å². The highest BCUT2D eigenvalue weighted by Gasteiger charge is 2.38. The van der Waals surface area contributed by atoms with Gasteiger partial charge in [-0.15, -0.1) is 0 Å². The number of pyridine rings is 1. The Morgan fingerprint density at radius 2 is 1.69 bits per heavy atom. The van der Waals surface area contributed by atoms with E-state index in [0.29, 0.717) is 51.7 Å². The molecular formula is C38H40Cl2N4O9S. The van der Waals surface area contributed by atoms with Crippen molar-refractivity contribution in [3.05, 3.63) is 111 Å². The number of amides is 1. The van der Waals surface area contributed by atoms with Crippen molar-refractivity contribution < 1.29 is 47.3 Å². The molecule has 3 fully saturated rings. The van der Waals surface area contributed by atoms with Crippen molar-refractivity contribution >= 4 is 56.7 Å².